The third-order valence-corrected chi connectivity index (χ3v) is 3.64. The van der Waals surface area contributed by atoms with Gasteiger partial charge < -0.3 is 9.72 Å². The van der Waals surface area contributed by atoms with Crippen molar-refractivity contribution in [3.05, 3.63) is 52.4 Å². The first-order chi connectivity index (χ1) is 11.2. The van der Waals surface area contributed by atoms with E-state index >= 15 is 0 Å². The van der Waals surface area contributed by atoms with Crippen molar-refractivity contribution in [2.45, 2.75) is 26.7 Å². The lowest BCUT2D eigenvalue weighted by atomic mass is 10.1. The lowest BCUT2D eigenvalue weighted by molar-refractivity contribution is 0.341. The topological polar surface area (TPSA) is 67.9 Å². The van der Waals surface area contributed by atoms with Crippen LogP contribution in [0.4, 0.5) is 0 Å². The third kappa shape index (κ3) is 2.95. The molecule has 2 heterocycles. The summed E-state index contributed by atoms with van der Waals surface area (Å²) in [6, 6.07) is 9.50. The van der Waals surface area contributed by atoms with Crippen LogP contribution in [0.15, 0.2) is 41.3 Å². The number of pyridine rings is 1. The van der Waals surface area contributed by atoms with Crippen LogP contribution in [0.5, 0.6) is 5.75 Å². The van der Waals surface area contributed by atoms with E-state index in [0.29, 0.717) is 29.2 Å². The molecule has 0 aliphatic carbocycles. The zero-order valence-electron chi connectivity index (χ0n) is 13.3. The standard InChI is InChI=1S/C18H19N3O2/c1-3-7-12-10-11-19-16-15(12)20-17(21-18(16)22)13-8-5-6-9-14(13)23-4-2/h5-6,8-11H,3-4,7H2,1-2H3,(H,20,21,22). The van der Waals surface area contributed by atoms with E-state index in [9.17, 15) is 4.79 Å². The molecule has 23 heavy (non-hydrogen) atoms. The first kappa shape index (κ1) is 15.2. The molecule has 5 nitrogen and oxygen atoms in total. The molecule has 0 aliphatic rings. The fraction of sp³-hybridized carbons (Fsp3) is 0.278. The molecule has 0 saturated heterocycles. The Bertz CT molecular complexity index is 887. The molecule has 0 radical (unpaired) electrons. The van der Waals surface area contributed by atoms with Crippen molar-refractivity contribution >= 4 is 11.0 Å². The average Bonchev–Trinajstić information content (AvgIpc) is 2.56. The van der Waals surface area contributed by atoms with E-state index in [4.69, 9.17) is 4.74 Å². The number of nitrogens with one attached hydrogen (secondary N) is 1. The van der Waals surface area contributed by atoms with Gasteiger partial charge in [0.15, 0.2) is 5.52 Å². The molecular weight excluding hydrogens is 290 g/mol. The number of ether oxygens (including phenoxy) is 1. The van der Waals surface area contributed by atoms with Gasteiger partial charge in [-0.15, -0.1) is 0 Å². The minimum Gasteiger partial charge on any atom is -0.493 e. The number of hydrogen-bond acceptors (Lipinski definition) is 4. The van der Waals surface area contributed by atoms with Crippen molar-refractivity contribution in [1.29, 1.82) is 0 Å². The number of H-pyrrole nitrogens is 1. The number of benzene rings is 1. The predicted octanol–water partition coefficient (Wildman–Crippen LogP) is 3.34. The molecule has 1 aromatic carbocycles. The van der Waals surface area contributed by atoms with Crippen molar-refractivity contribution in [2.75, 3.05) is 6.61 Å². The van der Waals surface area contributed by atoms with E-state index in [1.807, 2.05) is 37.3 Å². The maximum Gasteiger partial charge on any atom is 0.277 e. The number of nitrogens with zero attached hydrogens (tertiary/aromatic N) is 2. The Morgan fingerprint density at radius 1 is 1.13 bits per heavy atom. The van der Waals surface area contributed by atoms with E-state index < -0.39 is 0 Å². The number of para-hydroxylation sites is 1. The van der Waals surface area contributed by atoms with Crippen LogP contribution < -0.4 is 10.3 Å². The molecule has 3 rings (SSSR count). The smallest absolute Gasteiger partial charge is 0.277 e. The first-order valence-corrected chi connectivity index (χ1v) is 7.84. The van der Waals surface area contributed by atoms with Crippen LogP contribution in [-0.4, -0.2) is 21.6 Å². The Morgan fingerprint density at radius 2 is 1.96 bits per heavy atom. The quantitative estimate of drug-likeness (QED) is 0.785. The number of aromatic amines is 1. The SMILES string of the molecule is CCCc1ccnc2c(=O)[nH]c(-c3ccccc3OCC)nc12. The molecule has 0 atom stereocenters. The Kier molecular flexibility index (Phi) is 4.37. The Balaban J connectivity index is 2.24. The highest BCUT2D eigenvalue weighted by molar-refractivity contribution is 5.79. The highest BCUT2D eigenvalue weighted by atomic mass is 16.5. The summed E-state index contributed by atoms with van der Waals surface area (Å²) < 4.78 is 5.64. The van der Waals surface area contributed by atoms with Gasteiger partial charge in [-0.2, -0.15) is 0 Å². The predicted molar refractivity (Wildman–Crippen MR) is 90.8 cm³/mol. The molecule has 1 N–H and O–H groups in total. The second kappa shape index (κ2) is 6.60. The molecule has 0 fully saturated rings. The Labute approximate surface area is 134 Å². The van der Waals surface area contributed by atoms with E-state index in [1.54, 1.807) is 6.20 Å². The zero-order chi connectivity index (χ0) is 16.2. The molecule has 0 unspecified atom stereocenters. The summed E-state index contributed by atoms with van der Waals surface area (Å²) in [6.45, 7) is 4.58. The number of fused-ring (bicyclic) bond motifs is 1. The summed E-state index contributed by atoms with van der Waals surface area (Å²) in [7, 11) is 0. The van der Waals surface area contributed by atoms with Gasteiger partial charge in [-0.3, -0.25) is 4.79 Å². The minimum absolute atomic E-state index is 0.228. The molecule has 5 heteroatoms. The second-order valence-corrected chi connectivity index (χ2v) is 5.26. The maximum atomic E-state index is 12.4. The van der Waals surface area contributed by atoms with E-state index in [0.717, 1.165) is 24.0 Å². The highest BCUT2D eigenvalue weighted by Gasteiger charge is 2.13. The van der Waals surface area contributed by atoms with Crippen LogP contribution in [-0.2, 0) is 6.42 Å². The third-order valence-electron chi connectivity index (χ3n) is 3.64. The van der Waals surface area contributed by atoms with Gasteiger partial charge in [0.2, 0.25) is 0 Å². The van der Waals surface area contributed by atoms with E-state index in [2.05, 4.69) is 21.9 Å². The van der Waals surface area contributed by atoms with Gasteiger partial charge in [-0.1, -0.05) is 25.5 Å². The number of rotatable bonds is 5. The molecule has 0 bridgehead atoms. The largest absolute Gasteiger partial charge is 0.493 e. The molecule has 118 valence electrons. The monoisotopic (exact) mass is 309 g/mol. The van der Waals surface area contributed by atoms with Crippen molar-refractivity contribution in [1.82, 2.24) is 15.0 Å². The van der Waals surface area contributed by atoms with Gasteiger partial charge in [-0.05, 0) is 37.1 Å². The van der Waals surface area contributed by atoms with Gasteiger partial charge in [0.25, 0.3) is 5.56 Å². The molecule has 0 aliphatic heterocycles. The lowest BCUT2D eigenvalue weighted by Gasteiger charge is -2.10. The van der Waals surface area contributed by atoms with Gasteiger partial charge >= 0.3 is 0 Å². The average molecular weight is 309 g/mol. The summed E-state index contributed by atoms with van der Waals surface area (Å²) in [5, 5.41) is 0. The van der Waals surface area contributed by atoms with Crippen LogP contribution >= 0.6 is 0 Å². The number of hydrogen-bond donors (Lipinski definition) is 1. The summed E-state index contributed by atoms with van der Waals surface area (Å²) in [5.74, 6) is 1.22. The Morgan fingerprint density at radius 3 is 2.74 bits per heavy atom. The van der Waals surface area contributed by atoms with Crippen LogP contribution in [0.1, 0.15) is 25.8 Å². The summed E-state index contributed by atoms with van der Waals surface area (Å²) in [4.78, 5) is 24.1. The number of aromatic nitrogens is 3. The number of aryl methyl sites for hydroxylation is 1. The van der Waals surface area contributed by atoms with Gasteiger partial charge in [0.05, 0.1) is 12.2 Å². The highest BCUT2D eigenvalue weighted by Crippen LogP contribution is 2.27. The maximum absolute atomic E-state index is 12.4. The molecule has 0 spiro atoms. The zero-order valence-corrected chi connectivity index (χ0v) is 13.3. The molecule has 0 saturated carbocycles. The molecule has 0 amide bonds. The summed E-state index contributed by atoms with van der Waals surface area (Å²) in [6.07, 6.45) is 3.51. The van der Waals surface area contributed by atoms with Crippen molar-refractivity contribution in [3.8, 4) is 17.1 Å². The minimum atomic E-state index is -0.228. The van der Waals surface area contributed by atoms with Gasteiger partial charge in [0.1, 0.15) is 17.1 Å². The van der Waals surface area contributed by atoms with Crippen LogP contribution in [0.3, 0.4) is 0 Å². The van der Waals surface area contributed by atoms with Crippen molar-refractivity contribution in [2.24, 2.45) is 0 Å². The van der Waals surface area contributed by atoms with Crippen molar-refractivity contribution < 1.29 is 4.74 Å². The van der Waals surface area contributed by atoms with Crippen LogP contribution in [0.2, 0.25) is 0 Å². The summed E-state index contributed by atoms with van der Waals surface area (Å²) >= 11 is 0. The van der Waals surface area contributed by atoms with Crippen LogP contribution in [0, 0.1) is 0 Å². The molecule has 3 aromatic rings. The van der Waals surface area contributed by atoms with E-state index in [1.165, 1.54) is 0 Å². The fourth-order valence-corrected chi connectivity index (χ4v) is 2.63. The second-order valence-electron chi connectivity index (χ2n) is 5.26. The lowest BCUT2D eigenvalue weighted by Crippen LogP contribution is -2.12. The molecule has 2 aromatic heterocycles. The fourth-order valence-electron chi connectivity index (χ4n) is 2.63. The first-order valence-electron chi connectivity index (χ1n) is 7.84. The van der Waals surface area contributed by atoms with Crippen LogP contribution in [0.25, 0.3) is 22.4 Å². The Hall–Kier alpha value is -2.69. The van der Waals surface area contributed by atoms with Gasteiger partial charge in [0, 0.05) is 6.20 Å². The van der Waals surface area contributed by atoms with Crippen molar-refractivity contribution in [3.63, 3.8) is 0 Å². The normalized spacial score (nSPS) is 10.9. The van der Waals surface area contributed by atoms with E-state index in [-0.39, 0.29) is 5.56 Å². The molecular formula is C18H19N3O2. The van der Waals surface area contributed by atoms with Gasteiger partial charge in [-0.25, -0.2) is 9.97 Å². The summed E-state index contributed by atoms with van der Waals surface area (Å²) in [5.41, 5.74) is 2.64.